The van der Waals surface area contributed by atoms with Gasteiger partial charge in [0.2, 0.25) is 0 Å². The number of hydrogen-bond acceptors (Lipinski definition) is 6. The second-order valence-electron chi connectivity index (χ2n) is 7.25. The Morgan fingerprint density at radius 2 is 1.89 bits per heavy atom. The highest BCUT2D eigenvalue weighted by atomic mass is 16.1. The molecule has 1 aliphatic heterocycles. The lowest BCUT2D eigenvalue weighted by molar-refractivity contribution is 0.241. The van der Waals surface area contributed by atoms with Crippen molar-refractivity contribution in [1.82, 2.24) is 29.4 Å². The van der Waals surface area contributed by atoms with E-state index < -0.39 is 0 Å². The SMILES string of the molecule is Cc1nc(-c2ccc(N3CCN(Cc4nccn4C)CC3)nc2)[nH]c(=O)c1C. The third-order valence-electron chi connectivity index (χ3n) is 5.40. The van der Waals surface area contributed by atoms with E-state index in [1.54, 1.807) is 13.1 Å². The van der Waals surface area contributed by atoms with Gasteiger partial charge in [-0.3, -0.25) is 9.69 Å². The van der Waals surface area contributed by atoms with E-state index in [4.69, 9.17) is 0 Å². The zero-order chi connectivity index (χ0) is 19.7. The minimum Gasteiger partial charge on any atom is -0.354 e. The summed E-state index contributed by atoms with van der Waals surface area (Å²) in [5.74, 6) is 2.60. The maximum atomic E-state index is 12.0. The summed E-state index contributed by atoms with van der Waals surface area (Å²) in [7, 11) is 2.03. The molecule has 0 atom stereocenters. The van der Waals surface area contributed by atoms with Crippen LogP contribution in [-0.2, 0) is 13.6 Å². The first-order valence-electron chi connectivity index (χ1n) is 9.48. The number of pyridine rings is 1. The molecule has 8 nitrogen and oxygen atoms in total. The van der Waals surface area contributed by atoms with Crippen LogP contribution in [0.25, 0.3) is 11.4 Å². The van der Waals surface area contributed by atoms with Crippen LogP contribution in [0.5, 0.6) is 0 Å². The topological polar surface area (TPSA) is 82.9 Å². The monoisotopic (exact) mass is 379 g/mol. The zero-order valence-corrected chi connectivity index (χ0v) is 16.5. The molecule has 1 aliphatic rings. The molecule has 146 valence electrons. The van der Waals surface area contributed by atoms with Crippen molar-refractivity contribution >= 4 is 5.82 Å². The fourth-order valence-electron chi connectivity index (χ4n) is 3.38. The van der Waals surface area contributed by atoms with E-state index in [-0.39, 0.29) is 5.56 Å². The standard InChI is InChI=1S/C20H25N7O/c1-14-15(2)23-19(24-20(14)28)16-4-5-17(22-12-16)27-10-8-26(9-11-27)13-18-21-6-7-25(18)3/h4-7,12H,8-11,13H2,1-3H3,(H,23,24,28). The first-order valence-corrected chi connectivity index (χ1v) is 9.48. The molecule has 4 heterocycles. The number of anilines is 1. The quantitative estimate of drug-likeness (QED) is 0.740. The van der Waals surface area contributed by atoms with E-state index in [2.05, 4.69) is 34.3 Å². The van der Waals surface area contributed by atoms with Crippen molar-refractivity contribution in [1.29, 1.82) is 0 Å². The van der Waals surface area contributed by atoms with Crippen LogP contribution >= 0.6 is 0 Å². The summed E-state index contributed by atoms with van der Waals surface area (Å²) >= 11 is 0. The molecule has 0 radical (unpaired) electrons. The number of aromatic amines is 1. The second-order valence-corrected chi connectivity index (χ2v) is 7.25. The maximum absolute atomic E-state index is 12.0. The van der Waals surface area contributed by atoms with Crippen LogP contribution in [-0.4, -0.2) is 55.6 Å². The summed E-state index contributed by atoms with van der Waals surface area (Å²) in [5.41, 5.74) is 2.11. The normalized spacial score (nSPS) is 15.2. The van der Waals surface area contributed by atoms with Crippen molar-refractivity contribution in [3.8, 4) is 11.4 Å². The molecule has 4 rings (SSSR count). The molecular formula is C20H25N7O. The second kappa shape index (κ2) is 7.55. The average Bonchev–Trinajstić information content (AvgIpc) is 3.11. The van der Waals surface area contributed by atoms with Crippen LogP contribution in [0.3, 0.4) is 0 Å². The summed E-state index contributed by atoms with van der Waals surface area (Å²) in [6, 6.07) is 3.97. The number of piperazine rings is 1. The average molecular weight is 379 g/mol. The molecule has 0 saturated carbocycles. The first-order chi connectivity index (χ1) is 13.5. The minimum absolute atomic E-state index is 0.101. The number of aromatic nitrogens is 5. The van der Waals surface area contributed by atoms with E-state index >= 15 is 0 Å². The Labute approximate surface area is 163 Å². The Kier molecular flexibility index (Phi) is 4.95. The Balaban J connectivity index is 1.41. The van der Waals surface area contributed by atoms with Gasteiger partial charge in [-0.1, -0.05) is 0 Å². The van der Waals surface area contributed by atoms with Gasteiger partial charge in [-0.25, -0.2) is 15.0 Å². The summed E-state index contributed by atoms with van der Waals surface area (Å²) in [6.07, 6.45) is 5.60. The summed E-state index contributed by atoms with van der Waals surface area (Å²) in [4.78, 5) is 33.0. The van der Waals surface area contributed by atoms with Crippen LogP contribution in [0.15, 0.2) is 35.5 Å². The first kappa shape index (κ1) is 18.4. The number of H-pyrrole nitrogens is 1. The van der Waals surface area contributed by atoms with Crippen molar-refractivity contribution in [3.05, 3.63) is 58.2 Å². The third-order valence-corrected chi connectivity index (χ3v) is 5.40. The Bertz CT molecular complexity index is 1010. The van der Waals surface area contributed by atoms with Crippen LogP contribution < -0.4 is 10.5 Å². The van der Waals surface area contributed by atoms with E-state index in [0.29, 0.717) is 11.4 Å². The largest absolute Gasteiger partial charge is 0.354 e. The Hall–Kier alpha value is -3.00. The fraction of sp³-hybridized carbons (Fsp3) is 0.400. The van der Waals surface area contributed by atoms with E-state index in [0.717, 1.165) is 55.6 Å². The highest BCUT2D eigenvalue weighted by Gasteiger charge is 2.19. The van der Waals surface area contributed by atoms with Gasteiger partial charge in [0.15, 0.2) is 0 Å². The molecule has 0 spiro atoms. The van der Waals surface area contributed by atoms with Gasteiger partial charge in [0.05, 0.1) is 6.54 Å². The predicted molar refractivity (Wildman–Crippen MR) is 108 cm³/mol. The number of hydrogen-bond donors (Lipinski definition) is 1. The third kappa shape index (κ3) is 3.68. The lowest BCUT2D eigenvalue weighted by Gasteiger charge is -2.35. The molecule has 0 amide bonds. The Morgan fingerprint density at radius 1 is 1.11 bits per heavy atom. The smallest absolute Gasteiger partial charge is 0.254 e. The fourth-order valence-corrected chi connectivity index (χ4v) is 3.38. The van der Waals surface area contributed by atoms with Crippen LogP contribution in [0, 0.1) is 13.8 Å². The molecule has 28 heavy (non-hydrogen) atoms. The Morgan fingerprint density at radius 3 is 2.50 bits per heavy atom. The van der Waals surface area contributed by atoms with Gasteiger partial charge in [-0.15, -0.1) is 0 Å². The lowest BCUT2D eigenvalue weighted by atomic mass is 10.2. The van der Waals surface area contributed by atoms with Crippen molar-refractivity contribution < 1.29 is 0 Å². The molecule has 0 unspecified atom stereocenters. The molecule has 0 aliphatic carbocycles. The molecule has 3 aromatic rings. The highest BCUT2D eigenvalue weighted by Crippen LogP contribution is 2.19. The lowest BCUT2D eigenvalue weighted by Crippen LogP contribution is -2.46. The zero-order valence-electron chi connectivity index (χ0n) is 16.5. The minimum atomic E-state index is -0.101. The molecule has 0 aromatic carbocycles. The molecule has 1 fully saturated rings. The van der Waals surface area contributed by atoms with Gasteiger partial charge in [0.1, 0.15) is 17.5 Å². The van der Waals surface area contributed by atoms with Crippen LogP contribution in [0.2, 0.25) is 0 Å². The number of rotatable bonds is 4. The number of nitrogens with zero attached hydrogens (tertiary/aromatic N) is 6. The van der Waals surface area contributed by atoms with Crippen molar-refractivity contribution in [3.63, 3.8) is 0 Å². The van der Waals surface area contributed by atoms with Crippen molar-refractivity contribution in [2.75, 3.05) is 31.1 Å². The van der Waals surface area contributed by atoms with Crippen LogP contribution in [0.1, 0.15) is 17.1 Å². The van der Waals surface area contributed by atoms with Gasteiger partial charge in [-0.05, 0) is 26.0 Å². The molecule has 0 bridgehead atoms. The summed E-state index contributed by atoms with van der Waals surface area (Å²) < 4.78 is 2.07. The van der Waals surface area contributed by atoms with Gasteiger partial charge in [0.25, 0.3) is 5.56 Å². The molecular weight excluding hydrogens is 354 g/mol. The molecule has 1 saturated heterocycles. The van der Waals surface area contributed by atoms with Gasteiger partial charge >= 0.3 is 0 Å². The number of nitrogens with one attached hydrogen (secondary N) is 1. The van der Waals surface area contributed by atoms with Gasteiger partial charge in [0, 0.05) is 68.6 Å². The molecule has 3 aromatic heterocycles. The van der Waals surface area contributed by atoms with Gasteiger partial charge in [-0.2, -0.15) is 0 Å². The highest BCUT2D eigenvalue weighted by molar-refractivity contribution is 5.56. The maximum Gasteiger partial charge on any atom is 0.254 e. The van der Waals surface area contributed by atoms with E-state index in [1.165, 1.54) is 0 Å². The van der Waals surface area contributed by atoms with Gasteiger partial charge < -0.3 is 14.5 Å². The molecule has 1 N–H and O–H groups in total. The summed E-state index contributed by atoms with van der Waals surface area (Å²) in [6.45, 7) is 8.30. The van der Waals surface area contributed by atoms with Crippen molar-refractivity contribution in [2.24, 2.45) is 7.05 Å². The van der Waals surface area contributed by atoms with E-state index in [9.17, 15) is 4.79 Å². The van der Waals surface area contributed by atoms with Crippen LogP contribution in [0.4, 0.5) is 5.82 Å². The predicted octanol–water partition coefficient (Wildman–Crippen LogP) is 1.50. The van der Waals surface area contributed by atoms with E-state index in [1.807, 2.05) is 38.5 Å². The summed E-state index contributed by atoms with van der Waals surface area (Å²) in [5, 5.41) is 0. The number of imidazole rings is 1. The van der Waals surface area contributed by atoms with Crippen molar-refractivity contribution in [2.45, 2.75) is 20.4 Å². The number of aryl methyl sites for hydroxylation is 2. The molecule has 8 heteroatoms.